The molecule has 116 valence electrons. The number of aromatic nitrogens is 2. The van der Waals surface area contributed by atoms with Crippen LogP contribution in [-0.2, 0) is 0 Å². The van der Waals surface area contributed by atoms with E-state index >= 15 is 0 Å². The molecule has 0 aromatic carbocycles. The molecule has 3 N–H and O–H groups in total. The van der Waals surface area contributed by atoms with Crippen molar-refractivity contribution in [3.05, 3.63) is 18.1 Å². The molecule has 1 aromatic rings. The SMILES string of the molecule is O=C(O)c1cncnc1NCCCN1CCCC[C@@H]1CO. The molecule has 2 heterocycles. The van der Waals surface area contributed by atoms with Gasteiger partial charge < -0.3 is 15.5 Å². The van der Waals surface area contributed by atoms with Crippen LogP contribution in [-0.4, -0.2) is 63.3 Å². The van der Waals surface area contributed by atoms with Gasteiger partial charge in [-0.2, -0.15) is 0 Å². The second-order valence-electron chi connectivity index (χ2n) is 5.24. The van der Waals surface area contributed by atoms with E-state index in [9.17, 15) is 9.90 Å². The fourth-order valence-electron chi connectivity index (χ4n) is 2.68. The Hall–Kier alpha value is -1.73. The lowest BCUT2D eigenvalue weighted by Gasteiger charge is -2.34. The highest BCUT2D eigenvalue weighted by molar-refractivity contribution is 5.92. The molecule has 1 fully saturated rings. The molecule has 0 saturated carbocycles. The summed E-state index contributed by atoms with van der Waals surface area (Å²) in [7, 11) is 0. The van der Waals surface area contributed by atoms with Crippen molar-refractivity contribution in [2.24, 2.45) is 0 Å². The van der Waals surface area contributed by atoms with Gasteiger partial charge in [-0.1, -0.05) is 6.42 Å². The van der Waals surface area contributed by atoms with Gasteiger partial charge in [-0.3, -0.25) is 4.90 Å². The lowest BCUT2D eigenvalue weighted by atomic mass is 10.0. The molecule has 21 heavy (non-hydrogen) atoms. The zero-order valence-corrected chi connectivity index (χ0v) is 12.0. The molecule has 2 rings (SSSR count). The Bertz CT molecular complexity index is 469. The minimum absolute atomic E-state index is 0.0868. The number of nitrogens with zero attached hydrogens (tertiary/aromatic N) is 3. The van der Waals surface area contributed by atoms with E-state index in [1.807, 2.05) is 0 Å². The van der Waals surface area contributed by atoms with E-state index in [2.05, 4.69) is 20.2 Å². The Morgan fingerprint density at radius 3 is 3.10 bits per heavy atom. The fourth-order valence-corrected chi connectivity index (χ4v) is 2.68. The first-order chi connectivity index (χ1) is 10.2. The van der Waals surface area contributed by atoms with Crippen LogP contribution in [0.25, 0.3) is 0 Å². The molecule has 0 bridgehead atoms. The molecule has 0 unspecified atom stereocenters. The third-order valence-corrected chi connectivity index (χ3v) is 3.82. The topological polar surface area (TPSA) is 98.6 Å². The first-order valence-corrected chi connectivity index (χ1v) is 7.34. The monoisotopic (exact) mass is 294 g/mol. The number of carbonyl (C=O) groups is 1. The van der Waals surface area contributed by atoms with Gasteiger partial charge in [0.05, 0.1) is 6.61 Å². The van der Waals surface area contributed by atoms with Gasteiger partial charge in [-0.05, 0) is 25.8 Å². The maximum absolute atomic E-state index is 11.0. The van der Waals surface area contributed by atoms with Gasteiger partial charge in [-0.25, -0.2) is 14.8 Å². The highest BCUT2D eigenvalue weighted by Crippen LogP contribution is 2.16. The van der Waals surface area contributed by atoms with Crippen molar-refractivity contribution in [1.82, 2.24) is 14.9 Å². The molecule has 1 aromatic heterocycles. The van der Waals surface area contributed by atoms with Crippen LogP contribution in [0.15, 0.2) is 12.5 Å². The van der Waals surface area contributed by atoms with Crippen LogP contribution in [0.2, 0.25) is 0 Å². The van der Waals surface area contributed by atoms with Crippen LogP contribution in [0.4, 0.5) is 5.82 Å². The van der Waals surface area contributed by atoms with E-state index < -0.39 is 5.97 Å². The fraction of sp³-hybridized carbons (Fsp3) is 0.643. The van der Waals surface area contributed by atoms with E-state index in [0.29, 0.717) is 12.4 Å². The minimum Gasteiger partial charge on any atom is -0.477 e. The summed E-state index contributed by atoms with van der Waals surface area (Å²) in [4.78, 5) is 21.0. The van der Waals surface area contributed by atoms with Crippen LogP contribution in [0.3, 0.4) is 0 Å². The molecule has 0 aliphatic carbocycles. The molecule has 1 saturated heterocycles. The summed E-state index contributed by atoms with van der Waals surface area (Å²) in [5, 5.41) is 21.4. The second kappa shape index (κ2) is 7.90. The van der Waals surface area contributed by atoms with Crippen LogP contribution in [0.1, 0.15) is 36.0 Å². The summed E-state index contributed by atoms with van der Waals surface area (Å²) >= 11 is 0. The van der Waals surface area contributed by atoms with Crippen molar-refractivity contribution in [3.63, 3.8) is 0 Å². The maximum Gasteiger partial charge on any atom is 0.341 e. The average Bonchev–Trinajstić information content (AvgIpc) is 2.52. The van der Waals surface area contributed by atoms with Gasteiger partial charge in [0.25, 0.3) is 0 Å². The van der Waals surface area contributed by atoms with Gasteiger partial charge in [0.1, 0.15) is 17.7 Å². The molecule has 7 nitrogen and oxygen atoms in total. The number of carboxylic acids is 1. The normalized spacial score (nSPS) is 19.4. The summed E-state index contributed by atoms with van der Waals surface area (Å²) in [5.74, 6) is -0.677. The molecule has 0 amide bonds. The molecule has 1 aliphatic heterocycles. The van der Waals surface area contributed by atoms with Crippen molar-refractivity contribution < 1.29 is 15.0 Å². The summed E-state index contributed by atoms with van der Waals surface area (Å²) in [6, 6.07) is 0.271. The van der Waals surface area contributed by atoms with E-state index in [4.69, 9.17) is 5.11 Å². The highest BCUT2D eigenvalue weighted by Gasteiger charge is 2.20. The summed E-state index contributed by atoms with van der Waals surface area (Å²) in [6.45, 7) is 2.78. The van der Waals surface area contributed by atoms with Crippen LogP contribution in [0, 0.1) is 0 Å². The van der Waals surface area contributed by atoms with E-state index in [0.717, 1.165) is 25.9 Å². The van der Waals surface area contributed by atoms with Crippen LogP contribution >= 0.6 is 0 Å². The zero-order valence-electron chi connectivity index (χ0n) is 12.0. The number of carboxylic acid groups (broad SMARTS) is 1. The second-order valence-corrected chi connectivity index (χ2v) is 5.24. The highest BCUT2D eigenvalue weighted by atomic mass is 16.4. The standard InChI is InChI=1S/C14H22N4O3/c19-9-11-4-1-2-6-18(11)7-3-5-16-13-12(14(20)21)8-15-10-17-13/h8,10-11,19H,1-7,9H2,(H,20,21)(H,15,16,17)/t11-/m1/s1. The van der Waals surface area contributed by atoms with Crippen LogP contribution < -0.4 is 5.32 Å². The number of nitrogens with one attached hydrogen (secondary N) is 1. The molecule has 0 spiro atoms. The van der Waals surface area contributed by atoms with Crippen LogP contribution in [0.5, 0.6) is 0 Å². The smallest absolute Gasteiger partial charge is 0.341 e. The number of anilines is 1. The number of hydrogen-bond donors (Lipinski definition) is 3. The number of aliphatic hydroxyl groups is 1. The predicted octanol–water partition coefficient (Wildman–Crippen LogP) is 0.824. The first kappa shape index (κ1) is 15.7. The molecule has 7 heteroatoms. The summed E-state index contributed by atoms with van der Waals surface area (Å²) < 4.78 is 0. The third kappa shape index (κ3) is 4.37. The summed E-state index contributed by atoms with van der Waals surface area (Å²) in [5.41, 5.74) is 0.0868. The van der Waals surface area contributed by atoms with Crippen molar-refractivity contribution >= 4 is 11.8 Å². The molecule has 0 radical (unpaired) electrons. The first-order valence-electron chi connectivity index (χ1n) is 7.34. The maximum atomic E-state index is 11.0. The van der Waals surface area contributed by atoms with Crippen molar-refractivity contribution in [2.75, 3.05) is 31.6 Å². The van der Waals surface area contributed by atoms with E-state index in [1.165, 1.54) is 25.4 Å². The lowest BCUT2D eigenvalue weighted by molar-refractivity contribution is 0.0697. The lowest BCUT2D eigenvalue weighted by Crippen LogP contribution is -2.42. The summed E-state index contributed by atoms with van der Waals surface area (Å²) in [6.07, 6.45) is 6.92. The molecular formula is C14H22N4O3. The van der Waals surface area contributed by atoms with E-state index in [1.54, 1.807) is 0 Å². The predicted molar refractivity (Wildman–Crippen MR) is 78.4 cm³/mol. The number of piperidine rings is 1. The van der Waals surface area contributed by atoms with Crippen molar-refractivity contribution in [2.45, 2.75) is 31.7 Å². The molecule has 1 aliphatic rings. The number of likely N-dealkylation sites (tertiary alicyclic amines) is 1. The Balaban J connectivity index is 1.78. The zero-order chi connectivity index (χ0) is 15.1. The number of rotatable bonds is 7. The number of aliphatic hydroxyl groups excluding tert-OH is 1. The van der Waals surface area contributed by atoms with E-state index in [-0.39, 0.29) is 18.2 Å². The molecule has 1 atom stereocenters. The Morgan fingerprint density at radius 1 is 1.48 bits per heavy atom. The quantitative estimate of drug-likeness (QED) is 0.640. The van der Waals surface area contributed by atoms with Gasteiger partial charge in [-0.15, -0.1) is 0 Å². The van der Waals surface area contributed by atoms with Gasteiger partial charge >= 0.3 is 5.97 Å². The largest absolute Gasteiger partial charge is 0.477 e. The Morgan fingerprint density at radius 2 is 2.33 bits per heavy atom. The Kier molecular flexibility index (Phi) is 5.89. The van der Waals surface area contributed by atoms with Gasteiger partial charge in [0, 0.05) is 25.3 Å². The number of hydrogen-bond acceptors (Lipinski definition) is 6. The van der Waals surface area contributed by atoms with Crippen molar-refractivity contribution in [1.29, 1.82) is 0 Å². The number of aromatic carboxylic acids is 1. The average molecular weight is 294 g/mol. The van der Waals surface area contributed by atoms with Gasteiger partial charge in [0.2, 0.25) is 0 Å². The third-order valence-electron chi connectivity index (χ3n) is 3.82. The Labute approximate surface area is 124 Å². The molecular weight excluding hydrogens is 272 g/mol. The van der Waals surface area contributed by atoms with Gasteiger partial charge in [0.15, 0.2) is 0 Å². The minimum atomic E-state index is -1.03. The van der Waals surface area contributed by atoms with Crippen molar-refractivity contribution in [3.8, 4) is 0 Å².